The number of carbonyl (C=O) groups excluding carboxylic acids is 1. The summed E-state index contributed by atoms with van der Waals surface area (Å²) in [6, 6.07) is 11.3. The molecule has 0 radical (unpaired) electrons. The highest BCUT2D eigenvalue weighted by molar-refractivity contribution is 7.87. The van der Waals surface area contributed by atoms with Gasteiger partial charge in [0.05, 0.1) is 13.3 Å². The minimum atomic E-state index is -3.98. The number of benzene rings is 2. The molecule has 0 aliphatic rings. The lowest BCUT2D eigenvalue weighted by atomic mass is 10.2. The van der Waals surface area contributed by atoms with Crippen molar-refractivity contribution < 1.29 is 22.1 Å². The highest BCUT2D eigenvalue weighted by Crippen LogP contribution is 2.31. The summed E-state index contributed by atoms with van der Waals surface area (Å²) in [6.45, 7) is 1.87. The van der Waals surface area contributed by atoms with Gasteiger partial charge in [0.1, 0.15) is 14.8 Å². The van der Waals surface area contributed by atoms with Crippen LogP contribution in [0.25, 0.3) is 12.2 Å². The Morgan fingerprint density at radius 2 is 1.83 bits per heavy atom. The van der Waals surface area contributed by atoms with Gasteiger partial charge < -0.3 is 14.2 Å². The number of hydrogen-bond donors (Lipinski definition) is 1. The van der Waals surface area contributed by atoms with Crippen LogP contribution in [0, 0.1) is 6.92 Å². The summed E-state index contributed by atoms with van der Waals surface area (Å²) in [6.07, 6.45) is 5.05. The third-order valence-corrected chi connectivity index (χ3v) is 6.30. The van der Waals surface area contributed by atoms with Crippen molar-refractivity contribution in [1.82, 2.24) is 10.3 Å². The molecule has 0 fully saturated rings. The maximum Gasteiger partial charge on any atom is 0.339 e. The summed E-state index contributed by atoms with van der Waals surface area (Å²) < 4.78 is 35.6. The van der Waals surface area contributed by atoms with Gasteiger partial charge in [0.25, 0.3) is 5.91 Å². The first-order valence-electron chi connectivity index (χ1n) is 8.87. The van der Waals surface area contributed by atoms with Gasteiger partial charge in [-0.05, 0) is 42.8 Å². The molecule has 0 aliphatic heterocycles. The standard InChI is InChI=1S/C21H20N2O5S2/c1-14-4-8-16(9-5-14)30(25,26)28-17-10-6-15(12-18(17)27-3)7-11-20-23-13-19(29-20)21(24)22-2/h4-13H,1-3H3,(H,22,24)/b11-7+. The van der Waals surface area contributed by atoms with Crippen molar-refractivity contribution in [3.63, 3.8) is 0 Å². The number of thiazole rings is 1. The number of carbonyl (C=O) groups is 1. The predicted molar refractivity (Wildman–Crippen MR) is 116 cm³/mol. The first-order chi connectivity index (χ1) is 14.3. The quantitative estimate of drug-likeness (QED) is 0.558. The van der Waals surface area contributed by atoms with Crippen LogP contribution in [-0.4, -0.2) is 33.5 Å². The van der Waals surface area contributed by atoms with Crippen LogP contribution in [-0.2, 0) is 10.1 Å². The average molecular weight is 445 g/mol. The first kappa shape index (κ1) is 21.5. The van der Waals surface area contributed by atoms with Crippen LogP contribution in [0.3, 0.4) is 0 Å². The predicted octanol–water partition coefficient (Wildman–Crippen LogP) is 3.76. The van der Waals surface area contributed by atoms with Crippen molar-refractivity contribution in [1.29, 1.82) is 0 Å². The van der Waals surface area contributed by atoms with Crippen molar-refractivity contribution in [2.45, 2.75) is 11.8 Å². The van der Waals surface area contributed by atoms with E-state index in [1.165, 1.54) is 42.8 Å². The fraction of sp³-hybridized carbons (Fsp3) is 0.143. The van der Waals surface area contributed by atoms with Gasteiger partial charge in [-0.3, -0.25) is 4.79 Å². The summed E-state index contributed by atoms with van der Waals surface area (Å²) in [5, 5.41) is 3.21. The van der Waals surface area contributed by atoms with E-state index < -0.39 is 10.1 Å². The maximum atomic E-state index is 12.5. The molecule has 0 saturated heterocycles. The monoisotopic (exact) mass is 444 g/mol. The molecule has 0 spiro atoms. The van der Waals surface area contributed by atoms with E-state index in [0.29, 0.717) is 9.88 Å². The molecule has 2 aromatic carbocycles. The van der Waals surface area contributed by atoms with E-state index in [0.717, 1.165) is 11.1 Å². The molecule has 30 heavy (non-hydrogen) atoms. The van der Waals surface area contributed by atoms with E-state index in [2.05, 4.69) is 10.3 Å². The van der Waals surface area contributed by atoms with Crippen molar-refractivity contribution in [2.75, 3.05) is 14.2 Å². The largest absolute Gasteiger partial charge is 0.493 e. The van der Waals surface area contributed by atoms with Gasteiger partial charge in [0.15, 0.2) is 11.5 Å². The van der Waals surface area contributed by atoms with Crippen LogP contribution < -0.4 is 14.2 Å². The lowest BCUT2D eigenvalue weighted by Gasteiger charge is -2.11. The molecule has 0 atom stereocenters. The molecule has 0 bridgehead atoms. The number of aromatic nitrogens is 1. The number of hydrogen-bond acceptors (Lipinski definition) is 7. The lowest BCUT2D eigenvalue weighted by Crippen LogP contribution is -2.16. The number of nitrogens with one attached hydrogen (secondary N) is 1. The molecule has 1 amide bonds. The molecule has 1 N–H and O–H groups in total. The Morgan fingerprint density at radius 3 is 2.50 bits per heavy atom. The van der Waals surface area contributed by atoms with Gasteiger partial charge in [-0.2, -0.15) is 8.42 Å². The van der Waals surface area contributed by atoms with Crippen LogP contribution in [0.15, 0.2) is 53.6 Å². The summed E-state index contributed by atoms with van der Waals surface area (Å²) >= 11 is 1.26. The summed E-state index contributed by atoms with van der Waals surface area (Å²) in [7, 11) is -0.986. The average Bonchev–Trinajstić information content (AvgIpc) is 3.21. The highest BCUT2D eigenvalue weighted by atomic mass is 32.2. The fourth-order valence-corrected chi connectivity index (χ4v) is 4.19. The van der Waals surface area contributed by atoms with Gasteiger partial charge in [0.2, 0.25) is 0 Å². The number of rotatable bonds is 7. The molecule has 3 aromatic rings. The Kier molecular flexibility index (Phi) is 6.53. The molecule has 7 nitrogen and oxygen atoms in total. The molecule has 1 aromatic heterocycles. The summed E-state index contributed by atoms with van der Waals surface area (Å²) in [5.74, 6) is 0.175. The molecule has 3 rings (SSSR count). The molecule has 1 heterocycles. The number of aryl methyl sites for hydroxylation is 1. The minimum absolute atomic E-state index is 0.0646. The molecule has 0 unspecified atom stereocenters. The summed E-state index contributed by atoms with van der Waals surface area (Å²) in [5.41, 5.74) is 1.70. The fourth-order valence-electron chi connectivity index (χ4n) is 2.49. The zero-order valence-corrected chi connectivity index (χ0v) is 18.2. The third-order valence-electron chi connectivity index (χ3n) is 4.09. The second-order valence-corrected chi connectivity index (χ2v) is 8.84. The van der Waals surface area contributed by atoms with Crippen LogP contribution in [0.5, 0.6) is 11.5 Å². The Labute approximate surface area is 179 Å². The van der Waals surface area contributed by atoms with E-state index in [1.54, 1.807) is 43.5 Å². The van der Waals surface area contributed by atoms with E-state index in [9.17, 15) is 13.2 Å². The molecule has 0 aliphatic carbocycles. The Hall–Kier alpha value is -3.17. The lowest BCUT2D eigenvalue weighted by molar-refractivity contribution is 0.0967. The van der Waals surface area contributed by atoms with Crippen molar-refractivity contribution in [3.8, 4) is 11.5 Å². The Bertz CT molecular complexity index is 1180. The van der Waals surface area contributed by atoms with Gasteiger partial charge >= 0.3 is 10.1 Å². The van der Waals surface area contributed by atoms with E-state index in [4.69, 9.17) is 8.92 Å². The van der Waals surface area contributed by atoms with Crippen LogP contribution >= 0.6 is 11.3 Å². The number of methoxy groups -OCH3 is 1. The molecule has 156 valence electrons. The second-order valence-electron chi connectivity index (χ2n) is 6.24. The van der Waals surface area contributed by atoms with Crippen molar-refractivity contribution >= 4 is 39.5 Å². The van der Waals surface area contributed by atoms with Crippen LogP contribution in [0.4, 0.5) is 0 Å². The van der Waals surface area contributed by atoms with Crippen LogP contribution in [0.1, 0.15) is 25.8 Å². The zero-order valence-electron chi connectivity index (χ0n) is 16.6. The molecular formula is C21H20N2O5S2. The minimum Gasteiger partial charge on any atom is -0.493 e. The highest BCUT2D eigenvalue weighted by Gasteiger charge is 2.19. The second kappa shape index (κ2) is 9.10. The number of nitrogens with zero attached hydrogens (tertiary/aromatic N) is 1. The number of amides is 1. The van der Waals surface area contributed by atoms with Gasteiger partial charge in [0, 0.05) is 7.05 Å². The molecule has 9 heteroatoms. The van der Waals surface area contributed by atoms with Gasteiger partial charge in [-0.15, -0.1) is 11.3 Å². The van der Waals surface area contributed by atoms with E-state index in [1.807, 2.05) is 6.92 Å². The van der Waals surface area contributed by atoms with E-state index >= 15 is 0 Å². The number of ether oxygens (including phenoxy) is 1. The zero-order chi connectivity index (χ0) is 21.7. The Balaban J connectivity index is 1.80. The van der Waals surface area contributed by atoms with Crippen molar-refractivity contribution in [2.24, 2.45) is 0 Å². The Morgan fingerprint density at radius 1 is 1.10 bits per heavy atom. The third kappa shape index (κ3) is 5.05. The van der Waals surface area contributed by atoms with Gasteiger partial charge in [-0.25, -0.2) is 4.98 Å². The smallest absolute Gasteiger partial charge is 0.339 e. The molecular weight excluding hydrogens is 424 g/mol. The normalized spacial score (nSPS) is 11.4. The SMILES string of the molecule is CNC(=O)c1cnc(/C=C/c2ccc(OS(=O)(=O)c3ccc(C)cc3)c(OC)c2)s1. The maximum absolute atomic E-state index is 12.5. The van der Waals surface area contributed by atoms with E-state index in [-0.39, 0.29) is 22.3 Å². The van der Waals surface area contributed by atoms with Crippen molar-refractivity contribution in [3.05, 3.63) is 69.7 Å². The molecule has 0 saturated carbocycles. The first-order valence-corrected chi connectivity index (χ1v) is 11.1. The van der Waals surface area contributed by atoms with Gasteiger partial charge in [-0.1, -0.05) is 29.8 Å². The summed E-state index contributed by atoms with van der Waals surface area (Å²) in [4.78, 5) is 16.4. The van der Waals surface area contributed by atoms with Crippen LogP contribution in [0.2, 0.25) is 0 Å². The topological polar surface area (TPSA) is 94.6 Å².